The molecular weight excluding hydrogens is 432 g/mol. The number of aliphatic carboxylic acids is 1. The van der Waals surface area contributed by atoms with Gasteiger partial charge in [0.15, 0.2) is 0 Å². The van der Waals surface area contributed by atoms with Gasteiger partial charge in [-0.05, 0) is 77.4 Å². The predicted octanol–water partition coefficient (Wildman–Crippen LogP) is 5.52. The second kappa shape index (κ2) is 10.6. The summed E-state index contributed by atoms with van der Waals surface area (Å²) >= 11 is 1.45. The molecule has 2 N–H and O–H groups in total. The summed E-state index contributed by atoms with van der Waals surface area (Å²) < 4.78 is 0. The molecule has 1 aromatic carbocycles. The molecular formula is C24H25ClN2O3S. The molecule has 2 heterocycles. The van der Waals surface area contributed by atoms with Gasteiger partial charge < -0.3 is 10.4 Å². The van der Waals surface area contributed by atoms with Gasteiger partial charge in [-0.3, -0.25) is 14.6 Å². The van der Waals surface area contributed by atoms with Crippen molar-refractivity contribution in [2.75, 3.05) is 6.54 Å². The molecule has 7 heteroatoms. The maximum atomic E-state index is 12.5. The van der Waals surface area contributed by atoms with E-state index in [2.05, 4.69) is 34.6 Å². The number of benzene rings is 1. The van der Waals surface area contributed by atoms with E-state index in [1.165, 1.54) is 11.3 Å². The van der Waals surface area contributed by atoms with E-state index in [9.17, 15) is 9.59 Å². The average Bonchev–Trinajstić information content (AvgIpc) is 3.29. The number of nitrogens with zero attached hydrogens (tertiary/aromatic N) is 1. The summed E-state index contributed by atoms with van der Waals surface area (Å²) in [5, 5.41) is 14.1. The predicted molar refractivity (Wildman–Crippen MR) is 126 cm³/mol. The van der Waals surface area contributed by atoms with E-state index < -0.39 is 5.97 Å². The average molecular weight is 457 g/mol. The Labute approximate surface area is 192 Å². The lowest BCUT2D eigenvalue weighted by Gasteiger charge is -2.26. The maximum absolute atomic E-state index is 12.5. The molecule has 31 heavy (non-hydrogen) atoms. The zero-order chi connectivity index (χ0) is 20.9. The van der Waals surface area contributed by atoms with E-state index in [0.29, 0.717) is 30.2 Å². The number of rotatable bonds is 6. The highest BCUT2D eigenvalue weighted by molar-refractivity contribution is 7.12. The van der Waals surface area contributed by atoms with Gasteiger partial charge in [-0.15, -0.1) is 23.7 Å². The van der Waals surface area contributed by atoms with Crippen molar-refractivity contribution in [1.29, 1.82) is 0 Å². The molecule has 5 nitrogen and oxygen atoms in total. The molecule has 4 rings (SSSR count). The number of nitrogens with one attached hydrogen (secondary N) is 1. The lowest BCUT2D eigenvalue weighted by Crippen LogP contribution is -2.32. The number of halogens is 1. The minimum absolute atomic E-state index is 0. The molecule has 0 atom stereocenters. The van der Waals surface area contributed by atoms with E-state index in [1.807, 2.05) is 23.6 Å². The number of pyridine rings is 1. The first-order valence-corrected chi connectivity index (χ1v) is 11.1. The Morgan fingerprint density at radius 1 is 0.935 bits per heavy atom. The fourth-order valence-electron chi connectivity index (χ4n) is 3.94. The monoisotopic (exact) mass is 456 g/mol. The zero-order valence-electron chi connectivity index (χ0n) is 17.0. The molecule has 0 unspecified atom stereocenters. The van der Waals surface area contributed by atoms with Crippen molar-refractivity contribution >= 4 is 35.6 Å². The molecule has 0 aliphatic heterocycles. The van der Waals surface area contributed by atoms with Gasteiger partial charge >= 0.3 is 5.97 Å². The lowest BCUT2D eigenvalue weighted by atomic mass is 9.82. The van der Waals surface area contributed by atoms with Crippen LogP contribution in [0.1, 0.15) is 35.4 Å². The topological polar surface area (TPSA) is 79.3 Å². The molecule has 0 radical (unpaired) electrons. The van der Waals surface area contributed by atoms with Crippen LogP contribution in [0.4, 0.5) is 0 Å². The van der Waals surface area contributed by atoms with Crippen LogP contribution in [0.3, 0.4) is 0 Å². The molecule has 0 spiro atoms. The standard InChI is InChI=1S/C24H24N2O3S.ClH/c27-23(26-14-16-1-3-20(4-2-16)24(28)29)22-13-21(15-30-22)18-7-5-17(6-8-18)19-9-11-25-12-10-19;/h5-13,15-16,20H,1-4,14H2,(H,26,27)(H,28,29);1H. The number of carboxylic acid groups (broad SMARTS) is 1. The summed E-state index contributed by atoms with van der Waals surface area (Å²) in [5.74, 6) is -0.608. The van der Waals surface area contributed by atoms with Gasteiger partial charge in [0.2, 0.25) is 0 Å². The van der Waals surface area contributed by atoms with E-state index >= 15 is 0 Å². The number of aromatic nitrogens is 1. The summed E-state index contributed by atoms with van der Waals surface area (Å²) in [4.78, 5) is 28.3. The van der Waals surface area contributed by atoms with Crippen LogP contribution >= 0.6 is 23.7 Å². The summed E-state index contributed by atoms with van der Waals surface area (Å²) in [6.45, 7) is 0.610. The summed E-state index contributed by atoms with van der Waals surface area (Å²) in [7, 11) is 0. The Morgan fingerprint density at radius 2 is 1.52 bits per heavy atom. The van der Waals surface area contributed by atoms with Crippen LogP contribution in [0.25, 0.3) is 22.3 Å². The second-order valence-corrected chi connectivity index (χ2v) is 8.69. The fraction of sp³-hybridized carbons (Fsp3) is 0.292. The summed E-state index contributed by atoms with van der Waals surface area (Å²) in [6.07, 6.45) is 6.69. The highest BCUT2D eigenvalue weighted by atomic mass is 35.5. The molecule has 0 bridgehead atoms. The Bertz CT molecular complexity index is 1010. The first kappa shape index (κ1) is 23.0. The van der Waals surface area contributed by atoms with Gasteiger partial charge in [0.25, 0.3) is 5.91 Å². The molecule has 1 aliphatic rings. The zero-order valence-corrected chi connectivity index (χ0v) is 18.6. The fourth-order valence-corrected chi connectivity index (χ4v) is 4.78. The first-order chi connectivity index (χ1) is 14.6. The van der Waals surface area contributed by atoms with Crippen LogP contribution in [0.15, 0.2) is 60.2 Å². The van der Waals surface area contributed by atoms with Crippen LogP contribution < -0.4 is 5.32 Å². The number of carboxylic acids is 1. The van der Waals surface area contributed by atoms with Crippen LogP contribution in [0, 0.1) is 11.8 Å². The molecule has 0 saturated heterocycles. The van der Waals surface area contributed by atoms with E-state index in [0.717, 1.165) is 35.1 Å². The number of carbonyl (C=O) groups excluding carboxylic acids is 1. The minimum Gasteiger partial charge on any atom is -0.481 e. The molecule has 1 fully saturated rings. The van der Waals surface area contributed by atoms with Crippen LogP contribution in [0.5, 0.6) is 0 Å². The van der Waals surface area contributed by atoms with Gasteiger partial charge in [-0.25, -0.2) is 0 Å². The summed E-state index contributed by atoms with van der Waals surface area (Å²) in [6, 6.07) is 14.2. The van der Waals surface area contributed by atoms with E-state index in [4.69, 9.17) is 5.11 Å². The van der Waals surface area contributed by atoms with Crippen LogP contribution in [0.2, 0.25) is 0 Å². The molecule has 2 aromatic heterocycles. The molecule has 1 amide bonds. The van der Waals surface area contributed by atoms with Crippen molar-refractivity contribution in [3.63, 3.8) is 0 Å². The van der Waals surface area contributed by atoms with Gasteiger partial charge in [-0.2, -0.15) is 0 Å². The van der Waals surface area contributed by atoms with Crippen molar-refractivity contribution < 1.29 is 14.7 Å². The smallest absolute Gasteiger partial charge is 0.306 e. The number of hydrogen-bond donors (Lipinski definition) is 2. The van der Waals surface area contributed by atoms with Crippen molar-refractivity contribution in [3.05, 3.63) is 65.1 Å². The Hall–Kier alpha value is -2.70. The van der Waals surface area contributed by atoms with E-state index in [1.54, 1.807) is 12.4 Å². The Kier molecular flexibility index (Phi) is 7.82. The van der Waals surface area contributed by atoms with Crippen LogP contribution in [-0.4, -0.2) is 28.5 Å². The first-order valence-electron chi connectivity index (χ1n) is 10.2. The number of amides is 1. The van der Waals surface area contributed by atoms with Crippen molar-refractivity contribution in [1.82, 2.24) is 10.3 Å². The number of hydrogen-bond acceptors (Lipinski definition) is 4. The van der Waals surface area contributed by atoms with E-state index in [-0.39, 0.29) is 24.2 Å². The van der Waals surface area contributed by atoms with Crippen molar-refractivity contribution in [3.8, 4) is 22.3 Å². The number of thiophene rings is 1. The third-order valence-corrected chi connectivity index (χ3v) is 6.73. The number of carbonyl (C=O) groups is 2. The Balaban J connectivity index is 0.00000272. The third-order valence-electron chi connectivity index (χ3n) is 5.80. The third kappa shape index (κ3) is 5.71. The minimum atomic E-state index is -0.697. The molecule has 1 saturated carbocycles. The normalized spacial score (nSPS) is 18.1. The second-order valence-electron chi connectivity index (χ2n) is 7.78. The largest absolute Gasteiger partial charge is 0.481 e. The SMILES string of the molecule is Cl.O=C(NCC1CCC(C(=O)O)CC1)c1cc(-c2ccc(-c3ccncc3)cc2)cs1. The Morgan fingerprint density at radius 3 is 2.13 bits per heavy atom. The quantitative estimate of drug-likeness (QED) is 0.511. The molecule has 162 valence electrons. The van der Waals surface area contributed by atoms with Gasteiger partial charge in [-0.1, -0.05) is 24.3 Å². The molecule has 3 aromatic rings. The maximum Gasteiger partial charge on any atom is 0.306 e. The summed E-state index contributed by atoms with van der Waals surface area (Å²) in [5.41, 5.74) is 4.37. The highest BCUT2D eigenvalue weighted by Gasteiger charge is 2.26. The van der Waals surface area contributed by atoms with Gasteiger partial charge in [0.05, 0.1) is 10.8 Å². The van der Waals surface area contributed by atoms with Gasteiger partial charge in [0, 0.05) is 18.9 Å². The highest BCUT2D eigenvalue weighted by Crippen LogP contribution is 2.30. The van der Waals surface area contributed by atoms with Crippen LogP contribution in [-0.2, 0) is 4.79 Å². The van der Waals surface area contributed by atoms with Crippen molar-refractivity contribution in [2.45, 2.75) is 25.7 Å². The van der Waals surface area contributed by atoms with Gasteiger partial charge in [0.1, 0.15) is 0 Å². The lowest BCUT2D eigenvalue weighted by molar-refractivity contribution is -0.143. The molecule has 1 aliphatic carbocycles. The van der Waals surface area contributed by atoms with Crippen molar-refractivity contribution in [2.24, 2.45) is 11.8 Å².